The van der Waals surface area contributed by atoms with E-state index in [1.165, 1.54) is 19.1 Å². The number of nitro groups is 1. The van der Waals surface area contributed by atoms with Crippen LogP contribution in [0.1, 0.15) is 18.5 Å². The summed E-state index contributed by atoms with van der Waals surface area (Å²) in [5.41, 5.74) is 4.70. The number of benzene rings is 1. The Morgan fingerprint density at radius 3 is 2.65 bits per heavy atom. The Hall–Kier alpha value is -1.80. The summed E-state index contributed by atoms with van der Waals surface area (Å²) in [6.07, 6.45) is 0. The molecule has 0 heterocycles. The van der Waals surface area contributed by atoms with Crippen molar-refractivity contribution in [1.82, 2.24) is 0 Å². The van der Waals surface area contributed by atoms with Crippen molar-refractivity contribution in [2.24, 2.45) is 5.73 Å². The van der Waals surface area contributed by atoms with Crippen LogP contribution >= 0.6 is 12.4 Å². The van der Waals surface area contributed by atoms with E-state index in [0.717, 1.165) is 12.1 Å². The van der Waals surface area contributed by atoms with Crippen LogP contribution in [0.3, 0.4) is 0 Å². The maximum Gasteiger partial charge on any atom is 0.379 e. The number of nitrogens with two attached hydrogens (primary N) is 1. The predicted molar refractivity (Wildman–Crippen MR) is 68.9 cm³/mol. The Balaban J connectivity index is 0.00000361. The van der Waals surface area contributed by atoms with Crippen molar-refractivity contribution < 1.29 is 23.2 Å². The van der Waals surface area contributed by atoms with E-state index >= 15 is 0 Å². The summed E-state index contributed by atoms with van der Waals surface area (Å²) < 4.78 is 31.5. The van der Waals surface area contributed by atoms with Crippen molar-refractivity contribution in [3.63, 3.8) is 0 Å². The highest BCUT2D eigenvalue weighted by atomic mass is 35.5. The predicted octanol–water partition coefficient (Wildman–Crippen LogP) is 2.21. The summed E-state index contributed by atoms with van der Waals surface area (Å²) >= 11 is 0. The number of hydrogen-bond acceptors (Lipinski definition) is 5. The Morgan fingerprint density at radius 2 is 2.15 bits per heavy atom. The molecule has 1 aromatic carbocycles. The van der Waals surface area contributed by atoms with Gasteiger partial charge in [0.25, 0.3) is 5.69 Å². The number of carbonyl (C=O) groups excluding carboxylic acids is 1. The first-order valence-corrected chi connectivity index (χ1v) is 5.35. The number of esters is 1. The van der Waals surface area contributed by atoms with Crippen LogP contribution < -0.4 is 5.73 Å². The second-order valence-corrected chi connectivity index (χ2v) is 3.67. The Labute approximate surface area is 119 Å². The van der Waals surface area contributed by atoms with Gasteiger partial charge < -0.3 is 10.5 Å². The second-order valence-electron chi connectivity index (χ2n) is 3.67. The molecule has 0 aromatic heterocycles. The number of ether oxygens (including phenoxy) is 1. The maximum absolute atomic E-state index is 13.6. The van der Waals surface area contributed by atoms with Gasteiger partial charge in [0.15, 0.2) is 0 Å². The van der Waals surface area contributed by atoms with Gasteiger partial charge in [-0.3, -0.25) is 10.1 Å². The molecule has 112 valence electrons. The fourth-order valence-electron chi connectivity index (χ4n) is 1.40. The Kier molecular flexibility index (Phi) is 6.47. The lowest BCUT2D eigenvalue weighted by atomic mass is 10.0. The van der Waals surface area contributed by atoms with Gasteiger partial charge in [-0.1, -0.05) is 12.1 Å². The molecule has 2 N–H and O–H groups in total. The first-order valence-electron chi connectivity index (χ1n) is 5.35. The molecule has 1 aromatic rings. The van der Waals surface area contributed by atoms with E-state index < -0.39 is 22.9 Å². The van der Waals surface area contributed by atoms with Crippen molar-refractivity contribution in [2.75, 3.05) is 6.61 Å². The fraction of sp³-hybridized carbons (Fsp3) is 0.364. The van der Waals surface area contributed by atoms with Crippen LogP contribution in [0, 0.1) is 10.1 Å². The third-order valence-electron chi connectivity index (χ3n) is 2.38. The van der Waals surface area contributed by atoms with Gasteiger partial charge in [0.05, 0.1) is 11.5 Å². The summed E-state index contributed by atoms with van der Waals surface area (Å²) in [5, 5.41) is 10.5. The average molecular weight is 311 g/mol. The molecule has 0 unspecified atom stereocenters. The molecule has 0 radical (unpaired) electrons. The van der Waals surface area contributed by atoms with Crippen molar-refractivity contribution in [3.05, 3.63) is 39.9 Å². The van der Waals surface area contributed by atoms with Crippen LogP contribution in [0.15, 0.2) is 24.3 Å². The summed E-state index contributed by atoms with van der Waals surface area (Å²) in [6.45, 7) is 1.17. The number of rotatable bonds is 5. The third kappa shape index (κ3) is 3.84. The molecule has 0 saturated heterocycles. The molecule has 0 aliphatic heterocycles. The molecule has 9 heteroatoms. The van der Waals surface area contributed by atoms with Gasteiger partial charge in [-0.25, -0.2) is 4.79 Å². The number of nitro benzene ring substituents is 1. The molecule has 0 aliphatic carbocycles. The highest BCUT2D eigenvalue weighted by Gasteiger charge is 2.48. The quantitative estimate of drug-likeness (QED) is 0.511. The highest BCUT2D eigenvalue weighted by Crippen LogP contribution is 2.32. The lowest BCUT2D eigenvalue weighted by Gasteiger charge is -2.21. The van der Waals surface area contributed by atoms with Crippen molar-refractivity contribution >= 4 is 24.1 Å². The summed E-state index contributed by atoms with van der Waals surface area (Å²) in [6, 6.07) is 2.43. The number of nitrogens with zero attached hydrogens (tertiary/aromatic N) is 1. The second kappa shape index (κ2) is 7.11. The van der Waals surface area contributed by atoms with Gasteiger partial charge in [-0.05, 0) is 12.5 Å². The third-order valence-corrected chi connectivity index (χ3v) is 2.38. The molecule has 6 nitrogen and oxygen atoms in total. The molecule has 0 saturated carbocycles. The molecule has 0 bridgehead atoms. The summed E-state index contributed by atoms with van der Waals surface area (Å²) in [4.78, 5) is 20.9. The molecular weight excluding hydrogens is 298 g/mol. The molecule has 0 spiro atoms. The van der Waals surface area contributed by atoms with Gasteiger partial charge in [-0.2, -0.15) is 8.78 Å². The van der Waals surface area contributed by atoms with Crippen molar-refractivity contribution in [2.45, 2.75) is 18.9 Å². The van der Waals surface area contributed by atoms with E-state index in [4.69, 9.17) is 5.73 Å². The standard InChI is InChI=1S/C11H12F2N2O4.ClH/c1-2-19-10(16)11(12,13)9(14)7-4-3-5-8(6-7)15(17)18;/h3-6,9H,2,14H2,1H3;1H/t9-;/m0./s1. The first-order chi connectivity index (χ1) is 8.80. The number of hydrogen-bond donors (Lipinski definition) is 1. The molecule has 1 rings (SSSR count). The highest BCUT2D eigenvalue weighted by molar-refractivity contribution is 5.85. The maximum atomic E-state index is 13.6. The summed E-state index contributed by atoms with van der Waals surface area (Å²) in [5.74, 6) is -5.71. The number of carbonyl (C=O) groups is 1. The van der Waals surface area contributed by atoms with Gasteiger partial charge in [0.2, 0.25) is 0 Å². The number of halogens is 3. The Morgan fingerprint density at radius 1 is 1.55 bits per heavy atom. The summed E-state index contributed by atoms with van der Waals surface area (Å²) in [7, 11) is 0. The van der Waals surface area contributed by atoms with E-state index in [1.54, 1.807) is 0 Å². The minimum absolute atomic E-state index is 0. The van der Waals surface area contributed by atoms with Crippen LogP contribution in [0.5, 0.6) is 0 Å². The number of non-ortho nitro benzene ring substituents is 1. The lowest BCUT2D eigenvalue weighted by molar-refractivity contribution is -0.385. The SMILES string of the molecule is CCOC(=O)C(F)(F)[C@@H](N)c1cccc([N+](=O)[O-])c1.Cl. The van der Waals surface area contributed by atoms with E-state index in [-0.39, 0.29) is 30.3 Å². The van der Waals surface area contributed by atoms with Gasteiger partial charge >= 0.3 is 11.9 Å². The molecule has 0 amide bonds. The smallest absolute Gasteiger partial charge is 0.379 e. The first kappa shape index (κ1) is 18.2. The van der Waals surface area contributed by atoms with Crippen LogP contribution in [-0.4, -0.2) is 23.4 Å². The lowest BCUT2D eigenvalue weighted by Crippen LogP contribution is -2.41. The molecule has 20 heavy (non-hydrogen) atoms. The van der Waals surface area contributed by atoms with Gasteiger partial charge in [-0.15, -0.1) is 12.4 Å². The fourth-order valence-corrected chi connectivity index (χ4v) is 1.40. The Bertz CT molecular complexity index is 499. The van der Waals surface area contributed by atoms with Gasteiger partial charge in [0.1, 0.15) is 6.04 Å². The van der Waals surface area contributed by atoms with E-state index in [1.807, 2.05) is 0 Å². The molecule has 0 fully saturated rings. The zero-order chi connectivity index (χ0) is 14.6. The van der Waals surface area contributed by atoms with Crippen LogP contribution in [0.4, 0.5) is 14.5 Å². The van der Waals surface area contributed by atoms with Crippen molar-refractivity contribution in [3.8, 4) is 0 Å². The zero-order valence-electron chi connectivity index (χ0n) is 10.4. The average Bonchev–Trinajstić information content (AvgIpc) is 2.38. The van der Waals surface area contributed by atoms with E-state index in [2.05, 4.69) is 4.74 Å². The normalized spacial score (nSPS) is 12.2. The molecule has 0 aliphatic rings. The van der Waals surface area contributed by atoms with Gasteiger partial charge in [0, 0.05) is 12.1 Å². The largest absolute Gasteiger partial charge is 0.462 e. The number of alkyl halides is 2. The minimum atomic E-state index is -3.95. The molecule has 1 atom stereocenters. The van der Waals surface area contributed by atoms with Crippen LogP contribution in [0.25, 0.3) is 0 Å². The van der Waals surface area contributed by atoms with E-state index in [0.29, 0.717) is 0 Å². The van der Waals surface area contributed by atoms with Crippen LogP contribution in [0.2, 0.25) is 0 Å². The van der Waals surface area contributed by atoms with E-state index in [9.17, 15) is 23.7 Å². The monoisotopic (exact) mass is 310 g/mol. The minimum Gasteiger partial charge on any atom is -0.462 e. The topological polar surface area (TPSA) is 95.5 Å². The zero-order valence-corrected chi connectivity index (χ0v) is 11.2. The van der Waals surface area contributed by atoms with Crippen molar-refractivity contribution in [1.29, 1.82) is 0 Å². The van der Waals surface area contributed by atoms with Crippen LogP contribution in [-0.2, 0) is 9.53 Å². The molecular formula is C11H13ClF2N2O4.